The Bertz CT molecular complexity index is 854. The Morgan fingerprint density at radius 2 is 2.08 bits per heavy atom. The molecule has 1 saturated heterocycles. The third kappa shape index (κ3) is 2.96. The smallest absolute Gasteiger partial charge is 0.274 e. The lowest BCUT2D eigenvalue weighted by atomic mass is 9.96. The highest BCUT2D eigenvalue weighted by molar-refractivity contribution is 7.89. The first-order valence-corrected chi connectivity index (χ1v) is 9.09. The van der Waals surface area contributed by atoms with Crippen molar-refractivity contribution in [2.45, 2.75) is 36.9 Å². The number of carbonyl (C=O) groups excluding carboxylic acids is 1. The van der Waals surface area contributed by atoms with E-state index in [9.17, 15) is 13.2 Å². The molecule has 1 aliphatic rings. The highest BCUT2D eigenvalue weighted by Gasteiger charge is 2.39. The maximum absolute atomic E-state index is 12.6. The average Bonchev–Trinajstić information content (AvgIpc) is 3.12. The van der Waals surface area contributed by atoms with Crippen LogP contribution in [0.15, 0.2) is 34.0 Å². The summed E-state index contributed by atoms with van der Waals surface area (Å²) in [4.78, 5) is 17.9. The number of carbonyl (C=O) groups is 1. The van der Waals surface area contributed by atoms with Crippen molar-refractivity contribution in [2.75, 3.05) is 7.05 Å². The Kier molecular flexibility index (Phi) is 4.22. The Balaban J connectivity index is 1.93. The van der Waals surface area contributed by atoms with Crippen LogP contribution in [0.25, 0.3) is 0 Å². The molecule has 1 fully saturated rings. The largest absolute Gasteiger partial charge is 0.449 e. The lowest BCUT2D eigenvalue weighted by Crippen LogP contribution is -2.51. The Hall–Kier alpha value is -2.13. The molecule has 2 aromatic heterocycles. The molecule has 0 bridgehead atoms. The number of aromatic nitrogens is 2. The van der Waals surface area contributed by atoms with E-state index in [0.29, 0.717) is 18.0 Å². The number of likely N-dealkylation sites (N-methyl/N-ethyl adjacent to an activating group) is 1. The van der Waals surface area contributed by atoms with Crippen molar-refractivity contribution < 1.29 is 17.6 Å². The molecular formula is C15H20N4O4S. The van der Waals surface area contributed by atoms with Crippen LogP contribution in [-0.2, 0) is 21.9 Å². The molecule has 130 valence electrons. The zero-order valence-electron chi connectivity index (χ0n) is 13.8. The van der Waals surface area contributed by atoms with Crippen molar-refractivity contribution in [1.82, 2.24) is 19.2 Å². The van der Waals surface area contributed by atoms with E-state index >= 15 is 0 Å². The minimum atomic E-state index is -3.81. The first-order chi connectivity index (χ1) is 11.3. The van der Waals surface area contributed by atoms with Crippen LogP contribution in [0.5, 0.6) is 0 Å². The molecule has 9 heteroatoms. The highest BCUT2D eigenvalue weighted by atomic mass is 32.2. The second-order valence-electron chi connectivity index (χ2n) is 5.98. The predicted octanol–water partition coefficient (Wildman–Crippen LogP) is 0.962. The van der Waals surface area contributed by atoms with Crippen LogP contribution in [0.2, 0.25) is 0 Å². The molecule has 1 N–H and O–H groups in total. The monoisotopic (exact) mass is 352 g/mol. The Labute approximate surface area is 140 Å². The second kappa shape index (κ2) is 6.06. The van der Waals surface area contributed by atoms with Crippen LogP contribution in [0.4, 0.5) is 0 Å². The lowest BCUT2D eigenvalue weighted by molar-refractivity contribution is -0.136. The Morgan fingerprint density at radius 1 is 1.33 bits per heavy atom. The number of piperidine rings is 1. The summed E-state index contributed by atoms with van der Waals surface area (Å²) in [7, 11) is -0.326. The van der Waals surface area contributed by atoms with Gasteiger partial charge in [0.1, 0.15) is 17.6 Å². The first-order valence-electron chi connectivity index (χ1n) is 7.61. The zero-order valence-corrected chi connectivity index (χ0v) is 14.6. The number of rotatable bonds is 4. The van der Waals surface area contributed by atoms with Gasteiger partial charge in [-0.15, -0.1) is 0 Å². The Morgan fingerprint density at radius 3 is 2.67 bits per heavy atom. The fourth-order valence-corrected chi connectivity index (χ4v) is 4.24. The molecule has 0 aliphatic carbocycles. The maximum Gasteiger partial charge on any atom is 0.274 e. The van der Waals surface area contributed by atoms with Crippen LogP contribution in [-0.4, -0.2) is 41.9 Å². The molecule has 8 nitrogen and oxygen atoms in total. The van der Waals surface area contributed by atoms with E-state index in [2.05, 4.69) is 9.71 Å². The van der Waals surface area contributed by atoms with Crippen molar-refractivity contribution in [1.29, 1.82) is 0 Å². The summed E-state index contributed by atoms with van der Waals surface area (Å²) in [6.07, 6.45) is 4.08. The number of amides is 1. The minimum Gasteiger partial charge on any atom is -0.449 e. The molecule has 1 amide bonds. The standard InChI is InChI=1S/C15H20N4O4S/c1-10-4-7-13(23-10)24(21,22)17-11-5-6-12(20)19(3)14(11)15-16-8-9-18(15)2/h4,7-9,11,14,17H,5-6H2,1-3H3/t11-,14-/m1/s1. The fourth-order valence-electron chi connectivity index (χ4n) is 2.99. The summed E-state index contributed by atoms with van der Waals surface area (Å²) < 4.78 is 34.8. The number of hydrogen-bond donors (Lipinski definition) is 1. The van der Waals surface area contributed by atoms with Gasteiger partial charge in [-0.2, -0.15) is 0 Å². The van der Waals surface area contributed by atoms with Crippen molar-refractivity contribution in [2.24, 2.45) is 7.05 Å². The fraction of sp³-hybridized carbons (Fsp3) is 0.467. The van der Waals surface area contributed by atoms with E-state index < -0.39 is 22.1 Å². The average molecular weight is 352 g/mol. The van der Waals surface area contributed by atoms with Gasteiger partial charge in [-0.1, -0.05) is 0 Å². The predicted molar refractivity (Wildman–Crippen MR) is 85.5 cm³/mol. The number of furan rings is 1. The van der Waals surface area contributed by atoms with Gasteiger partial charge in [0.15, 0.2) is 0 Å². The van der Waals surface area contributed by atoms with Gasteiger partial charge in [0.2, 0.25) is 11.0 Å². The van der Waals surface area contributed by atoms with Crippen LogP contribution < -0.4 is 4.72 Å². The molecule has 0 radical (unpaired) electrons. The van der Waals surface area contributed by atoms with E-state index in [0.717, 1.165) is 0 Å². The van der Waals surface area contributed by atoms with Crippen molar-refractivity contribution in [3.05, 3.63) is 36.1 Å². The van der Waals surface area contributed by atoms with E-state index in [1.807, 2.05) is 7.05 Å². The minimum absolute atomic E-state index is 0.0349. The molecule has 3 rings (SSSR count). The SMILES string of the molecule is Cc1ccc(S(=O)(=O)N[C@@H]2CCC(=O)N(C)[C@H]2c2nccn2C)o1. The summed E-state index contributed by atoms with van der Waals surface area (Å²) >= 11 is 0. The van der Waals surface area contributed by atoms with Crippen molar-refractivity contribution in [3.63, 3.8) is 0 Å². The number of nitrogens with zero attached hydrogens (tertiary/aromatic N) is 3. The molecule has 24 heavy (non-hydrogen) atoms. The van der Waals surface area contributed by atoms with E-state index in [4.69, 9.17) is 4.42 Å². The molecule has 3 heterocycles. The van der Waals surface area contributed by atoms with Crippen LogP contribution in [0.1, 0.15) is 30.5 Å². The van der Waals surface area contributed by atoms with E-state index in [1.165, 1.54) is 6.07 Å². The molecule has 2 aromatic rings. The van der Waals surface area contributed by atoms with Gasteiger partial charge in [0.05, 0.1) is 6.04 Å². The normalized spacial score (nSPS) is 22.1. The molecule has 2 atom stereocenters. The van der Waals surface area contributed by atoms with E-state index in [-0.39, 0.29) is 17.4 Å². The van der Waals surface area contributed by atoms with Gasteiger partial charge in [-0.25, -0.2) is 18.1 Å². The molecule has 0 saturated carbocycles. The summed E-state index contributed by atoms with van der Waals surface area (Å²) in [6.45, 7) is 1.68. The number of hydrogen-bond acceptors (Lipinski definition) is 5. The molecule has 0 unspecified atom stereocenters. The van der Waals surface area contributed by atoms with Gasteiger partial charge < -0.3 is 13.9 Å². The van der Waals surface area contributed by atoms with Crippen LogP contribution in [0, 0.1) is 6.92 Å². The van der Waals surface area contributed by atoms with Gasteiger partial charge in [0, 0.05) is 32.9 Å². The quantitative estimate of drug-likeness (QED) is 0.884. The molecule has 0 aromatic carbocycles. The zero-order chi connectivity index (χ0) is 17.5. The third-order valence-electron chi connectivity index (χ3n) is 4.27. The van der Waals surface area contributed by atoms with Crippen molar-refractivity contribution in [3.8, 4) is 0 Å². The first kappa shape index (κ1) is 16.7. The van der Waals surface area contributed by atoms with Gasteiger partial charge >= 0.3 is 0 Å². The van der Waals surface area contributed by atoms with Gasteiger partial charge in [-0.3, -0.25) is 4.79 Å². The summed E-state index contributed by atoms with van der Waals surface area (Å²) in [5.74, 6) is 1.12. The van der Waals surface area contributed by atoms with Gasteiger partial charge in [-0.05, 0) is 25.5 Å². The second-order valence-corrected chi connectivity index (χ2v) is 7.62. The molecular weight excluding hydrogens is 332 g/mol. The van der Waals surface area contributed by atoms with E-state index in [1.54, 1.807) is 41.9 Å². The van der Waals surface area contributed by atoms with Crippen LogP contribution in [0.3, 0.4) is 0 Å². The highest BCUT2D eigenvalue weighted by Crippen LogP contribution is 2.30. The number of aryl methyl sites for hydroxylation is 2. The maximum atomic E-state index is 12.6. The van der Waals surface area contributed by atoms with Gasteiger partial charge in [0.25, 0.3) is 10.0 Å². The molecule has 0 spiro atoms. The number of likely N-dealkylation sites (tertiary alicyclic amines) is 1. The summed E-state index contributed by atoms with van der Waals surface area (Å²) in [5, 5.41) is -0.127. The number of nitrogens with one attached hydrogen (secondary N) is 1. The topological polar surface area (TPSA) is 97.4 Å². The molecule has 1 aliphatic heterocycles. The number of imidazole rings is 1. The van der Waals surface area contributed by atoms with Crippen LogP contribution >= 0.6 is 0 Å². The van der Waals surface area contributed by atoms with Crippen molar-refractivity contribution >= 4 is 15.9 Å². The number of sulfonamides is 1. The summed E-state index contributed by atoms with van der Waals surface area (Å²) in [5.41, 5.74) is 0. The summed E-state index contributed by atoms with van der Waals surface area (Å²) in [6, 6.07) is 2.06. The third-order valence-corrected chi connectivity index (χ3v) is 5.63. The lowest BCUT2D eigenvalue weighted by Gasteiger charge is -2.38.